The van der Waals surface area contributed by atoms with Crippen molar-refractivity contribution in [3.63, 3.8) is 0 Å². The van der Waals surface area contributed by atoms with Crippen LogP contribution in [-0.4, -0.2) is 23.5 Å². The molecule has 2 saturated carbocycles. The van der Waals surface area contributed by atoms with Crippen molar-refractivity contribution < 1.29 is 4.42 Å². The predicted octanol–water partition coefficient (Wildman–Crippen LogP) is 3.54. The average Bonchev–Trinajstić information content (AvgIpc) is 3.32. The maximum absolute atomic E-state index is 5.75. The number of nitrogens with zero attached hydrogens (tertiary/aromatic N) is 1. The maximum atomic E-state index is 5.75. The summed E-state index contributed by atoms with van der Waals surface area (Å²) in [4.78, 5) is 2.61. The molecule has 1 aromatic heterocycles. The minimum atomic E-state index is 0.766. The molecule has 0 bridgehead atoms. The molecule has 20 heavy (non-hydrogen) atoms. The van der Waals surface area contributed by atoms with Crippen LogP contribution in [0.25, 0.3) is 0 Å². The number of hydrogen-bond donors (Lipinski definition) is 1. The van der Waals surface area contributed by atoms with E-state index in [0.717, 1.165) is 36.9 Å². The van der Waals surface area contributed by atoms with Crippen molar-refractivity contribution in [1.82, 2.24) is 10.2 Å². The fraction of sp³-hybridized carbons (Fsp3) is 0.765. The highest BCUT2D eigenvalue weighted by Gasteiger charge is 2.29. The third-order valence-electron chi connectivity index (χ3n) is 4.30. The Morgan fingerprint density at radius 1 is 1.30 bits per heavy atom. The van der Waals surface area contributed by atoms with E-state index in [4.69, 9.17) is 4.42 Å². The summed E-state index contributed by atoms with van der Waals surface area (Å²) in [5, 5.41) is 3.54. The van der Waals surface area contributed by atoms with Crippen LogP contribution in [0, 0.1) is 5.92 Å². The molecular formula is C17H28N2O. The van der Waals surface area contributed by atoms with E-state index in [1.165, 1.54) is 44.2 Å². The normalized spacial score (nSPS) is 19.2. The van der Waals surface area contributed by atoms with Crippen LogP contribution < -0.4 is 5.32 Å². The van der Waals surface area contributed by atoms with Crippen LogP contribution >= 0.6 is 0 Å². The molecule has 2 aliphatic rings. The van der Waals surface area contributed by atoms with Crippen LogP contribution in [0.5, 0.6) is 0 Å². The molecule has 0 spiro atoms. The molecule has 112 valence electrons. The highest BCUT2D eigenvalue weighted by molar-refractivity contribution is 5.13. The Morgan fingerprint density at radius 3 is 2.75 bits per heavy atom. The molecule has 1 heterocycles. The van der Waals surface area contributed by atoms with Crippen molar-refractivity contribution in [2.24, 2.45) is 5.92 Å². The van der Waals surface area contributed by atoms with E-state index in [9.17, 15) is 0 Å². The maximum Gasteiger partial charge on any atom is 0.118 e. The highest BCUT2D eigenvalue weighted by atomic mass is 16.3. The van der Waals surface area contributed by atoms with E-state index in [1.54, 1.807) is 0 Å². The van der Waals surface area contributed by atoms with Gasteiger partial charge in [-0.1, -0.05) is 13.8 Å². The Bertz CT molecular complexity index is 418. The number of nitrogens with one attached hydrogen (secondary N) is 1. The minimum Gasteiger partial charge on any atom is -0.468 e. The fourth-order valence-corrected chi connectivity index (χ4v) is 2.61. The van der Waals surface area contributed by atoms with Gasteiger partial charge in [0.15, 0.2) is 0 Å². The summed E-state index contributed by atoms with van der Waals surface area (Å²) in [6, 6.07) is 3.81. The third kappa shape index (κ3) is 4.35. The van der Waals surface area contributed by atoms with E-state index >= 15 is 0 Å². The van der Waals surface area contributed by atoms with Crippen molar-refractivity contribution in [3.8, 4) is 0 Å². The Morgan fingerprint density at radius 2 is 2.10 bits per heavy atom. The Balaban J connectivity index is 1.48. The molecule has 0 radical (unpaired) electrons. The van der Waals surface area contributed by atoms with Crippen LogP contribution in [0.15, 0.2) is 16.7 Å². The van der Waals surface area contributed by atoms with Gasteiger partial charge in [-0.2, -0.15) is 0 Å². The van der Waals surface area contributed by atoms with Crippen LogP contribution in [0.2, 0.25) is 0 Å². The van der Waals surface area contributed by atoms with E-state index in [0.29, 0.717) is 0 Å². The summed E-state index contributed by atoms with van der Waals surface area (Å²) in [7, 11) is 0. The largest absolute Gasteiger partial charge is 0.468 e. The topological polar surface area (TPSA) is 28.4 Å². The molecule has 2 aliphatic carbocycles. The second-order valence-corrected chi connectivity index (χ2v) is 6.96. The molecule has 3 rings (SSSR count). The Kier molecular flexibility index (Phi) is 4.47. The number of furan rings is 1. The van der Waals surface area contributed by atoms with Gasteiger partial charge in [-0.3, -0.25) is 4.90 Å². The van der Waals surface area contributed by atoms with E-state index in [-0.39, 0.29) is 0 Å². The molecule has 3 nitrogen and oxygen atoms in total. The summed E-state index contributed by atoms with van der Waals surface area (Å²) >= 11 is 0. The smallest absolute Gasteiger partial charge is 0.118 e. The van der Waals surface area contributed by atoms with Crippen LogP contribution in [0.1, 0.15) is 57.3 Å². The lowest BCUT2D eigenvalue weighted by molar-refractivity contribution is 0.221. The van der Waals surface area contributed by atoms with Gasteiger partial charge in [0.25, 0.3) is 0 Å². The average molecular weight is 276 g/mol. The van der Waals surface area contributed by atoms with Gasteiger partial charge in [-0.05, 0) is 50.6 Å². The van der Waals surface area contributed by atoms with Crippen LogP contribution in [-0.2, 0) is 13.1 Å². The lowest BCUT2D eigenvalue weighted by Crippen LogP contribution is -2.27. The first kappa shape index (κ1) is 14.2. The molecule has 0 aliphatic heterocycles. The van der Waals surface area contributed by atoms with Gasteiger partial charge in [-0.25, -0.2) is 0 Å². The number of hydrogen-bond acceptors (Lipinski definition) is 3. The first-order chi connectivity index (χ1) is 9.70. The van der Waals surface area contributed by atoms with Crippen molar-refractivity contribution in [1.29, 1.82) is 0 Å². The van der Waals surface area contributed by atoms with Crippen molar-refractivity contribution in [2.75, 3.05) is 6.54 Å². The van der Waals surface area contributed by atoms with E-state index in [1.807, 2.05) is 6.26 Å². The second kappa shape index (κ2) is 6.31. The molecule has 0 atom stereocenters. The molecule has 1 N–H and O–H groups in total. The van der Waals surface area contributed by atoms with E-state index in [2.05, 4.69) is 30.1 Å². The van der Waals surface area contributed by atoms with Gasteiger partial charge in [-0.15, -0.1) is 0 Å². The van der Waals surface area contributed by atoms with Gasteiger partial charge >= 0.3 is 0 Å². The Hall–Kier alpha value is -0.800. The molecular weight excluding hydrogens is 248 g/mol. The molecule has 1 aromatic rings. The summed E-state index contributed by atoms with van der Waals surface area (Å²) in [5.41, 5.74) is 1.30. The minimum absolute atomic E-state index is 0.766. The quantitative estimate of drug-likeness (QED) is 0.748. The van der Waals surface area contributed by atoms with Gasteiger partial charge in [0.1, 0.15) is 5.76 Å². The summed E-state index contributed by atoms with van der Waals surface area (Å²) in [6.07, 6.45) is 8.64. The van der Waals surface area contributed by atoms with Crippen molar-refractivity contribution >= 4 is 0 Å². The SMILES string of the molecule is CC(C)CCN(Cc1cc(CNC2CC2)co1)C1CC1. The van der Waals surface area contributed by atoms with E-state index < -0.39 is 0 Å². The Labute approximate surface area is 122 Å². The standard InChI is InChI=1S/C17H28N2O/c1-13(2)7-8-19(16-5-6-16)11-17-9-14(12-20-17)10-18-15-3-4-15/h9,12-13,15-16,18H,3-8,10-11H2,1-2H3. The molecule has 3 heteroatoms. The molecule has 0 unspecified atom stereocenters. The number of rotatable bonds is 9. The predicted molar refractivity (Wildman–Crippen MR) is 81.5 cm³/mol. The fourth-order valence-electron chi connectivity index (χ4n) is 2.61. The lowest BCUT2D eigenvalue weighted by Gasteiger charge is -2.21. The van der Waals surface area contributed by atoms with Gasteiger partial charge in [0.2, 0.25) is 0 Å². The monoisotopic (exact) mass is 276 g/mol. The van der Waals surface area contributed by atoms with Crippen molar-refractivity contribution in [3.05, 3.63) is 23.7 Å². The van der Waals surface area contributed by atoms with Crippen molar-refractivity contribution in [2.45, 2.75) is 71.1 Å². The van der Waals surface area contributed by atoms with Crippen LogP contribution in [0.3, 0.4) is 0 Å². The summed E-state index contributed by atoms with van der Waals surface area (Å²) in [6.45, 7) is 7.77. The first-order valence-electron chi connectivity index (χ1n) is 8.24. The zero-order valence-corrected chi connectivity index (χ0v) is 12.9. The zero-order chi connectivity index (χ0) is 13.9. The second-order valence-electron chi connectivity index (χ2n) is 6.96. The highest BCUT2D eigenvalue weighted by Crippen LogP contribution is 2.29. The van der Waals surface area contributed by atoms with Crippen LogP contribution in [0.4, 0.5) is 0 Å². The first-order valence-corrected chi connectivity index (χ1v) is 8.24. The molecule has 0 saturated heterocycles. The van der Waals surface area contributed by atoms with Gasteiger partial charge < -0.3 is 9.73 Å². The molecule has 0 amide bonds. The van der Waals surface area contributed by atoms with Gasteiger partial charge in [0.05, 0.1) is 12.8 Å². The van der Waals surface area contributed by atoms with Gasteiger partial charge in [0, 0.05) is 24.2 Å². The summed E-state index contributed by atoms with van der Waals surface area (Å²) < 4.78 is 5.75. The summed E-state index contributed by atoms with van der Waals surface area (Å²) in [5.74, 6) is 1.92. The molecule has 0 aromatic carbocycles. The molecule has 2 fully saturated rings. The zero-order valence-electron chi connectivity index (χ0n) is 12.9. The lowest BCUT2D eigenvalue weighted by atomic mass is 10.1. The third-order valence-corrected chi connectivity index (χ3v) is 4.30.